The molecule has 0 bridgehead atoms. The first-order valence-corrected chi connectivity index (χ1v) is 8.34. The van der Waals surface area contributed by atoms with Gasteiger partial charge in [-0.2, -0.15) is 0 Å². The molecule has 0 amide bonds. The van der Waals surface area contributed by atoms with E-state index in [0.717, 1.165) is 38.6 Å². The summed E-state index contributed by atoms with van der Waals surface area (Å²) in [6.45, 7) is 7.71. The Balaban J connectivity index is 0.00000220. The maximum absolute atomic E-state index is 5.63. The highest BCUT2D eigenvalue weighted by atomic mass is 127. The van der Waals surface area contributed by atoms with Gasteiger partial charge in [0.1, 0.15) is 0 Å². The summed E-state index contributed by atoms with van der Waals surface area (Å²) in [7, 11) is 0. The van der Waals surface area contributed by atoms with E-state index in [9.17, 15) is 0 Å². The van der Waals surface area contributed by atoms with E-state index in [2.05, 4.69) is 40.9 Å². The van der Waals surface area contributed by atoms with Gasteiger partial charge < -0.3 is 15.4 Å². The molecule has 0 aromatic carbocycles. The fourth-order valence-electron chi connectivity index (χ4n) is 2.28. The Hall–Kier alpha value is -0.340. The highest BCUT2D eigenvalue weighted by Gasteiger charge is 2.14. The van der Waals surface area contributed by atoms with E-state index in [1.165, 1.54) is 23.3 Å². The molecule has 1 aliphatic rings. The van der Waals surface area contributed by atoms with Crippen LogP contribution in [0.15, 0.2) is 16.4 Å². The van der Waals surface area contributed by atoms with E-state index < -0.39 is 0 Å². The number of thiophene rings is 1. The predicted molar refractivity (Wildman–Crippen MR) is 101 cm³/mol. The smallest absolute Gasteiger partial charge is 0.191 e. The Morgan fingerprint density at radius 3 is 2.95 bits per heavy atom. The molecule has 0 spiro atoms. The third-order valence-corrected chi connectivity index (χ3v) is 4.48. The average molecular weight is 423 g/mol. The maximum Gasteiger partial charge on any atom is 0.191 e. The fraction of sp³-hybridized carbons (Fsp3) is 0.667. The predicted octanol–water partition coefficient (Wildman–Crippen LogP) is 3.30. The van der Waals surface area contributed by atoms with Crippen LogP contribution in [0.25, 0.3) is 0 Å². The van der Waals surface area contributed by atoms with Gasteiger partial charge in [-0.05, 0) is 50.1 Å². The van der Waals surface area contributed by atoms with Crippen molar-refractivity contribution in [3.05, 3.63) is 21.9 Å². The Morgan fingerprint density at radius 2 is 2.33 bits per heavy atom. The number of ether oxygens (including phenoxy) is 1. The summed E-state index contributed by atoms with van der Waals surface area (Å²) in [6.07, 6.45) is 3.90. The first kappa shape index (κ1) is 18.7. The van der Waals surface area contributed by atoms with Crippen LogP contribution in [-0.4, -0.2) is 31.8 Å². The lowest BCUT2D eigenvalue weighted by molar-refractivity contribution is 0.105. The van der Waals surface area contributed by atoms with Gasteiger partial charge in [-0.1, -0.05) is 0 Å². The SMILES string of the molecule is CCNC(=NCc1sccc1C)NCCC1CCCO1.I. The average Bonchev–Trinajstić information content (AvgIpc) is 3.08. The Morgan fingerprint density at radius 1 is 1.48 bits per heavy atom. The van der Waals surface area contributed by atoms with Gasteiger partial charge in [0.15, 0.2) is 5.96 Å². The molecule has 1 aromatic rings. The van der Waals surface area contributed by atoms with E-state index in [0.29, 0.717) is 6.10 Å². The van der Waals surface area contributed by atoms with Crippen molar-refractivity contribution in [1.29, 1.82) is 0 Å². The number of guanidine groups is 1. The van der Waals surface area contributed by atoms with Crippen LogP contribution in [-0.2, 0) is 11.3 Å². The second-order valence-corrected chi connectivity index (χ2v) is 6.07. The van der Waals surface area contributed by atoms with Crippen molar-refractivity contribution < 1.29 is 4.74 Å². The van der Waals surface area contributed by atoms with E-state index in [-0.39, 0.29) is 24.0 Å². The summed E-state index contributed by atoms with van der Waals surface area (Å²) in [5.41, 5.74) is 1.33. The van der Waals surface area contributed by atoms with Gasteiger partial charge in [-0.15, -0.1) is 35.3 Å². The molecule has 0 saturated carbocycles. The molecule has 1 saturated heterocycles. The molecule has 2 rings (SSSR count). The van der Waals surface area contributed by atoms with E-state index in [1.54, 1.807) is 11.3 Å². The molecule has 4 nitrogen and oxygen atoms in total. The number of aryl methyl sites for hydroxylation is 1. The lowest BCUT2D eigenvalue weighted by Crippen LogP contribution is -2.38. The normalized spacial score (nSPS) is 18.4. The molecular weight excluding hydrogens is 397 g/mol. The quantitative estimate of drug-likeness (QED) is 0.419. The molecule has 0 radical (unpaired) electrons. The minimum atomic E-state index is 0. The van der Waals surface area contributed by atoms with Crippen LogP contribution in [0.4, 0.5) is 0 Å². The van der Waals surface area contributed by atoms with Crippen LogP contribution in [0.5, 0.6) is 0 Å². The summed E-state index contributed by atoms with van der Waals surface area (Å²) in [5, 5.41) is 8.81. The van der Waals surface area contributed by atoms with Crippen molar-refractivity contribution in [2.24, 2.45) is 4.99 Å². The van der Waals surface area contributed by atoms with Gasteiger partial charge in [0, 0.05) is 24.6 Å². The van der Waals surface area contributed by atoms with Gasteiger partial charge in [0.25, 0.3) is 0 Å². The van der Waals surface area contributed by atoms with Gasteiger partial charge in [-0.25, -0.2) is 4.99 Å². The second kappa shape index (κ2) is 10.4. The van der Waals surface area contributed by atoms with E-state index in [4.69, 9.17) is 4.74 Å². The third-order valence-electron chi connectivity index (χ3n) is 3.48. The number of rotatable bonds is 6. The zero-order chi connectivity index (χ0) is 14.2. The van der Waals surface area contributed by atoms with Crippen molar-refractivity contribution in [3.8, 4) is 0 Å². The molecule has 6 heteroatoms. The van der Waals surface area contributed by atoms with Crippen molar-refractivity contribution >= 4 is 41.3 Å². The first-order chi connectivity index (χ1) is 9.79. The number of aliphatic imine (C=N–C) groups is 1. The maximum atomic E-state index is 5.63. The number of nitrogens with zero attached hydrogens (tertiary/aromatic N) is 1. The summed E-state index contributed by atoms with van der Waals surface area (Å²) >= 11 is 1.77. The summed E-state index contributed by atoms with van der Waals surface area (Å²) in [6, 6.07) is 2.15. The molecule has 2 N–H and O–H groups in total. The molecule has 1 atom stereocenters. The number of halogens is 1. The largest absolute Gasteiger partial charge is 0.378 e. The number of hydrogen-bond donors (Lipinski definition) is 2. The Bertz CT molecular complexity index is 430. The molecular formula is C15H26IN3OS. The van der Waals surface area contributed by atoms with Crippen molar-refractivity contribution in [2.75, 3.05) is 19.7 Å². The Labute approximate surface area is 148 Å². The van der Waals surface area contributed by atoms with Crippen LogP contribution in [0, 0.1) is 6.92 Å². The van der Waals surface area contributed by atoms with Crippen LogP contribution >= 0.6 is 35.3 Å². The topological polar surface area (TPSA) is 45.7 Å². The van der Waals surface area contributed by atoms with E-state index >= 15 is 0 Å². The summed E-state index contributed by atoms with van der Waals surface area (Å²) in [5.74, 6) is 0.901. The number of hydrogen-bond acceptors (Lipinski definition) is 3. The molecule has 2 heterocycles. The minimum absolute atomic E-state index is 0. The van der Waals surface area contributed by atoms with Crippen LogP contribution in [0.1, 0.15) is 36.6 Å². The lowest BCUT2D eigenvalue weighted by Gasteiger charge is -2.13. The molecule has 1 fully saturated rings. The molecule has 120 valence electrons. The van der Waals surface area contributed by atoms with Crippen molar-refractivity contribution in [1.82, 2.24) is 10.6 Å². The zero-order valence-electron chi connectivity index (χ0n) is 12.9. The molecule has 21 heavy (non-hydrogen) atoms. The first-order valence-electron chi connectivity index (χ1n) is 7.46. The van der Waals surface area contributed by atoms with Crippen LogP contribution in [0.3, 0.4) is 0 Å². The van der Waals surface area contributed by atoms with Gasteiger partial charge in [-0.3, -0.25) is 0 Å². The van der Waals surface area contributed by atoms with Gasteiger partial charge in [0.05, 0.1) is 12.6 Å². The number of nitrogens with one attached hydrogen (secondary N) is 2. The standard InChI is InChI=1S/C15H25N3OS.HI/c1-3-16-15(17-8-6-13-5-4-9-19-13)18-11-14-12(2)7-10-20-14;/h7,10,13H,3-6,8-9,11H2,1-2H3,(H2,16,17,18);1H. The molecule has 1 aliphatic heterocycles. The van der Waals surface area contributed by atoms with Crippen LogP contribution in [0.2, 0.25) is 0 Å². The lowest BCUT2D eigenvalue weighted by atomic mass is 10.2. The van der Waals surface area contributed by atoms with Gasteiger partial charge >= 0.3 is 0 Å². The monoisotopic (exact) mass is 423 g/mol. The molecule has 1 aromatic heterocycles. The van der Waals surface area contributed by atoms with Crippen molar-refractivity contribution in [2.45, 2.75) is 45.8 Å². The van der Waals surface area contributed by atoms with Crippen LogP contribution < -0.4 is 10.6 Å². The van der Waals surface area contributed by atoms with Gasteiger partial charge in [0.2, 0.25) is 0 Å². The fourth-order valence-corrected chi connectivity index (χ4v) is 3.11. The molecule has 1 unspecified atom stereocenters. The second-order valence-electron chi connectivity index (χ2n) is 5.07. The molecule has 0 aliphatic carbocycles. The highest BCUT2D eigenvalue weighted by molar-refractivity contribution is 14.0. The minimum Gasteiger partial charge on any atom is -0.378 e. The summed E-state index contributed by atoms with van der Waals surface area (Å²) < 4.78 is 5.63. The Kier molecular flexibility index (Phi) is 9.26. The summed E-state index contributed by atoms with van der Waals surface area (Å²) in [4.78, 5) is 5.98. The zero-order valence-corrected chi connectivity index (χ0v) is 16.0. The highest BCUT2D eigenvalue weighted by Crippen LogP contribution is 2.16. The third kappa shape index (κ3) is 6.52. The van der Waals surface area contributed by atoms with E-state index in [1.807, 2.05) is 0 Å². The van der Waals surface area contributed by atoms with Crippen molar-refractivity contribution in [3.63, 3.8) is 0 Å².